The lowest BCUT2D eigenvalue weighted by Crippen LogP contribution is -2.26. The summed E-state index contributed by atoms with van der Waals surface area (Å²) in [6.45, 7) is 4.83. The van der Waals surface area contributed by atoms with Gasteiger partial charge < -0.3 is 9.47 Å². The molecule has 0 fully saturated rings. The molecule has 0 radical (unpaired) electrons. The van der Waals surface area contributed by atoms with E-state index in [1.807, 2.05) is 5.38 Å². The molecule has 0 aromatic carbocycles. The molecule has 0 atom stereocenters. The highest BCUT2D eigenvalue weighted by Crippen LogP contribution is 2.34. The molecule has 0 bridgehead atoms. The van der Waals surface area contributed by atoms with Gasteiger partial charge in [-0.3, -0.25) is 0 Å². The summed E-state index contributed by atoms with van der Waals surface area (Å²) in [5, 5.41) is 3.10. The molecule has 86 valence electrons. The van der Waals surface area contributed by atoms with Gasteiger partial charge in [0.05, 0.1) is 12.3 Å². The van der Waals surface area contributed by atoms with E-state index in [4.69, 9.17) is 9.47 Å². The van der Waals surface area contributed by atoms with E-state index in [-0.39, 0.29) is 5.60 Å². The maximum absolute atomic E-state index is 5.62. The Balaban J connectivity index is 2.91. The van der Waals surface area contributed by atoms with Crippen LogP contribution in [0.4, 0.5) is 0 Å². The van der Waals surface area contributed by atoms with Crippen molar-refractivity contribution >= 4 is 11.3 Å². The van der Waals surface area contributed by atoms with Crippen molar-refractivity contribution in [2.45, 2.75) is 38.9 Å². The Morgan fingerprint density at radius 2 is 2.00 bits per heavy atom. The van der Waals surface area contributed by atoms with Crippen LogP contribution in [0.15, 0.2) is 5.38 Å². The number of hydrogen-bond acceptors (Lipinski definition) is 4. The van der Waals surface area contributed by atoms with Crippen LogP contribution in [0.5, 0.6) is 0 Å². The Hall–Kier alpha value is -0.450. The van der Waals surface area contributed by atoms with E-state index in [0.717, 1.165) is 23.5 Å². The van der Waals surface area contributed by atoms with Gasteiger partial charge in [-0.25, -0.2) is 4.98 Å². The van der Waals surface area contributed by atoms with Crippen LogP contribution < -0.4 is 0 Å². The lowest BCUT2D eigenvalue weighted by molar-refractivity contribution is -0.0221. The average Bonchev–Trinajstić information content (AvgIpc) is 2.71. The molecule has 1 aromatic heterocycles. The fourth-order valence-corrected chi connectivity index (χ4v) is 2.78. The third-order valence-corrected chi connectivity index (χ3v) is 3.84. The third-order valence-electron chi connectivity index (χ3n) is 2.77. The van der Waals surface area contributed by atoms with Crippen molar-refractivity contribution in [2.75, 3.05) is 14.2 Å². The van der Waals surface area contributed by atoms with Crippen molar-refractivity contribution in [1.82, 2.24) is 4.98 Å². The summed E-state index contributed by atoms with van der Waals surface area (Å²) in [6, 6.07) is 0. The van der Waals surface area contributed by atoms with E-state index >= 15 is 0 Å². The van der Waals surface area contributed by atoms with Gasteiger partial charge in [0.1, 0.15) is 10.6 Å². The van der Waals surface area contributed by atoms with Gasteiger partial charge in [0, 0.05) is 19.6 Å². The van der Waals surface area contributed by atoms with Gasteiger partial charge in [-0.05, 0) is 12.8 Å². The maximum atomic E-state index is 5.62. The van der Waals surface area contributed by atoms with Crippen LogP contribution >= 0.6 is 11.3 Å². The molecule has 1 rings (SSSR count). The van der Waals surface area contributed by atoms with E-state index in [9.17, 15) is 0 Å². The fraction of sp³-hybridized carbons (Fsp3) is 0.727. The van der Waals surface area contributed by atoms with Crippen molar-refractivity contribution in [3.8, 4) is 0 Å². The molecule has 0 amide bonds. The zero-order valence-corrected chi connectivity index (χ0v) is 10.7. The molecule has 0 N–H and O–H groups in total. The quantitative estimate of drug-likeness (QED) is 0.751. The molecule has 0 unspecified atom stereocenters. The largest absolute Gasteiger partial charge is 0.378 e. The molecule has 0 aliphatic heterocycles. The number of thiazole rings is 1. The first kappa shape index (κ1) is 12.6. The normalized spacial score (nSPS) is 12.0. The van der Waals surface area contributed by atoms with E-state index in [0.29, 0.717) is 6.61 Å². The van der Waals surface area contributed by atoms with Gasteiger partial charge in [0.15, 0.2) is 0 Å². The Kier molecular flexibility index (Phi) is 4.70. The van der Waals surface area contributed by atoms with E-state index in [2.05, 4.69) is 18.8 Å². The molecule has 15 heavy (non-hydrogen) atoms. The molecular weight excluding hydrogens is 210 g/mol. The number of aromatic nitrogens is 1. The maximum Gasteiger partial charge on any atom is 0.125 e. The minimum absolute atomic E-state index is 0.212. The summed E-state index contributed by atoms with van der Waals surface area (Å²) < 4.78 is 10.7. The first-order chi connectivity index (χ1) is 7.22. The van der Waals surface area contributed by atoms with Crippen LogP contribution in [0.2, 0.25) is 0 Å². The van der Waals surface area contributed by atoms with Crippen molar-refractivity contribution in [3.05, 3.63) is 16.1 Å². The predicted molar refractivity (Wildman–Crippen MR) is 62.1 cm³/mol. The number of ether oxygens (including phenoxy) is 2. The Bertz CT molecular complexity index is 286. The lowest BCUT2D eigenvalue weighted by Gasteiger charge is -2.27. The van der Waals surface area contributed by atoms with E-state index in [1.165, 1.54) is 0 Å². The number of methoxy groups -OCH3 is 2. The second kappa shape index (κ2) is 5.58. The highest BCUT2D eigenvalue weighted by Gasteiger charge is 2.31. The van der Waals surface area contributed by atoms with Gasteiger partial charge in [-0.15, -0.1) is 11.3 Å². The van der Waals surface area contributed by atoms with E-state index in [1.54, 1.807) is 25.6 Å². The number of nitrogens with zero attached hydrogens (tertiary/aromatic N) is 1. The number of rotatable bonds is 6. The van der Waals surface area contributed by atoms with Gasteiger partial charge in [-0.2, -0.15) is 0 Å². The average molecular weight is 229 g/mol. The highest BCUT2D eigenvalue weighted by molar-refractivity contribution is 7.09. The summed E-state index contributed by atoms with van der Waals surface area (Å²) in [6.07, 6.45) is 1.89. The Morgan fingerprint density at radius 3 is 2.47 bits per heavy atom. The lowest BCUT2D eigenvalue weighted by atomic mass is 9.98. The van der Waals surface area contributed by atoms with Crippen LogP contribution in [-0.2, 0) is 21.7 Å². The van der Waals surface area contributed by atoms with Crippen molar-refractivity contribution in [1.29, 1.82) is 0 Å². The molecule has 0 aliphatic carbocycles. The topological polar surface area (TPSA) is 31.4 Å². The zero-order valence-electron chi connectivity index (χ0n) is 9.87. The molecule has 0 aliphatic rings. The van der Waals surface area contributed by atoms with Crippen LogP contribution in [0, 0.1) is 0 Å². The van der Waals surface area contributed by atoms with Gasteiger partial charge in [0.2, 0.25) is 0 Å². The highest BCUT2D eigenvalue weighted by atomic mass is 32.1. The van der Waals surface area contributed by atoms with Gasteiger partial charge >= 0.3 is 0 Å². The van der Waals surface area contributed by atoms with E-state index < -0.39 is 0 Å². The minimum atomic E-state index is -0.212. The Labute approximate surface area is 95.4 Å². The zero-order chi connectivity index (χ0) is 11.3. The van der Waals surface area contributed by atoms with Crippen molar-refractivity contribution in [3.63, 3.8) is 0 Å². The molecule has 3 nitrogen and oxygen atoms in total. The first-order valence-corrected chi connectivity index (χ1v) is 6.09. The summed E-state index contributed by atoms with van der Waals surface area (Å²) in [4.78, 5) is 4.55. The monoisotopic (exact) mass is 229 g/mol. The van der Waals surface area contributed by atoms with Crippen molar-refractivity contribution in [2.24, 2.45) is 0 Å². The molecule has 0 saturated heterocycles. The molecule has 0 saturated carbocycles. The molecule has 0 spiro atoms. The van der Waals surface area contributed by atoms with Crippen LogP contribution in [-0.4, -0.2) is 19.2 Å². The summed E-state index contributed by atoms with van der Waals surface area (Å²) in [5.41, 5.74) is 0.775. The smallest absolute Gasteiger partial charge is 0.125 e. The first-order valence-electron chi connectivity index (χ1n) is 5.21. The third kappa shape index (κ3) is 2.56. The van der Waals surface area contributed by atoms with Crippen LogP contribution in [0.1, 0.15) is 37.4 Å². The summed E-state index contributed by atoms with van der Waals surface area (Å²) >= 11 is 1.65. The summed E-state index contributed by atoms with van der Waals surface area (Å²) in [5.74, 6) is 0. The molecular formula is C11H19NO2S. The predicted octanol–water partition coefficient (Wildman–Crippen LogP) is 2.95. The van der Waals surface area contributed by atoms with Gasteiger partial charge in [-0.1, -0.05) is 13.8 Å². The van der Waals surface area contributed by atoms with Crippen molar-refractivity contribution < 1.29 is 9.47 Å². The fourth-order valence-electron chi connectivity index (χ4n) is 1.66. The Morgan fingerprint density at radius 1 is 1.33 bits per heavy atom. The second-order valence-corrected chi connectivity index (χ2v) is 4.34. The number of hydrogen-bond donors (Lipinski definition) is 0. The minimum Gasteiger partial charge on any atom is -0.378 e. The molecule has 4 heteroatoms. The molecule has 1 heterocycles. The van der Waals surface area contributed by atoms with Gasteiger partial charge in [0.25, 0.3) is 0 Å². The van der Waals surface area contributed by atoms with Crippen LogP contribution in [0.25, 0.3) is 0 Å². The van der Waals surface area contributed by atoms with Crippen LogP contribution in [0.3, 0.4) is 0 Å². The summed E-state index contributed by atoms with van der Waals surface area (Å²) in [7, 11) is 3.44. The SMILES string of the molecule is CCC(CC)(OC)c1nc(COC)cs1. The standard InChI is InChI=1S/C11H19NO2S/c1-5-11(6-2,14-4)10-12-9(7-13-3)8-15-10/h8H,5-7H2,1-4H3. The second-order valence-electron chi connectivity index (χ2n) is 3.48. The molecule has 1 aromatic rings.